The SMILES string of the molecule is COCCOc1ccc(N2C(=S)N[C@H](c3ccccn3)[C@H]2c2ccc(-c3ccccc3)o2)cc1Cl. The lowest BCUT2D eigenvalue weighted by Crippen LogP contribution is -2.29. The van der Waals surface area contributed by atoms with Gasteiger partial charge in [-0.3, -0.25) is 4.98 Å². The van der Waals surface area contributed by atoms with Gasteiger partial charge in [0.25, 0.3) is 0 Å². The molecule has 1 aliphatic heterocycles. The van der Waals surface area contributed by atoms with Crippen molar-refractivity contribution in [2.45, 2.75) is 12.1 Å². The molecule has 1 saturated heterocycles. The average molecular weight is 506 g/mol. The zero-order valence-corrected chi connectivity index (χ0v) is 20.6. The zero-order valence-electron chi connectivity index (χ0n) is 19.1. The molecule has 0 radical (unpaired) electrons. The average Bonchev–Trinajstić information content (AvgIpc) is 3.51. The third-order valence-electron chi connectivity index (χ3n) is 5.81. The highest BCUT2D eigenvalue weighted by Gasteiger charge is 2.42. The van der Waals surface area contributed by atoms with Crippen molar-refractivity contribution in [2.24, 2.45) is 0 Å². The van der Waals surface area contributed by atoms with Crippen LogP contribution >= 0.6 is 23.8 Å². The van der Waals surface area contributed by atoms with Crippen molar-refractivity contribution < 1.29 is 13.9 Å². The molecular formula is C27H24ClN3O3S. The summed E-state index contributed by atoms with van der Waals surface area (Å²) in [5.41, 5.74) is 2.70. The normalized spacial score (nSPS) is 17.4. The summed E-state index contributed by atoms with van der Waals surface area (Å²) in [6, 6.07) is 25.0. The molecule has 1 fully saturated rings. The maximum atomic E-state index is 6.57. The lowest BCUT2D eigenvalue weighted by molar-refractivity contribution is 0.146. The fourth-order valence-electron chi connectivity index (χ4n) is 4.18. The molecular weight excluding hydrogens is 482 g/mol. The van der Waals surface area contributed by atoms with Gasteiger partial charge in [0, 0.05) is 24.6 Å². The van der Waals surface area contributed by atoms with Crippen LogP contribution in [0.15, 0.2) is 89.5 Å². The summed E-state index contributed by atoms with van der Waals surface area (Å²) in [6.07, 6.45) is 1.78. The second-order valence-corrected chi connectivity index (χ2v) is 8.81. The standard InChI is InChI=1S/C27H24ClN3O3S/c1-32-15-16-33-23-11-10-19(17-20(23)28)31-26(25(30-27(31)35)21-9-5-6-14-29-21)24-13-12-22(34-24)18-7-3-2-4-8-18/h2-14,17,25-26H,15-16H2,1H3,(H,30,35)/t25-,26-/m1/s1. The Morgan fingerprint density at radius 3 is 2.60 bits per heavy atom. The van der Waals surface area contributed by atoms with E-state index in [1.165, 1.54) is 0 Å². The third-order valence-corrected chi connectivity index (χ3v) is 6.42. The number of benzene rings is 2. The molecule has 1 aliphatic rings. The van der Waals surface area contributed by atoms with E-state index in [0.717, 1.165) is 28.5 Å². The van der Waals surface area contributed by atoms with Gasteiger partial charge in [-0.25, -0.2) is 0 Å². The predicted molar refractivity (Wildman–Crippen MR) is 141 cm³/mol. The Balaban J connectivity index is 1.53. The van der Waals surface area contributed by atoms with Crippen LogP contribution in [0.3, 0.4) is 0 Å². The molecule has 6 nitrogen and oxygen atoms in total. The van der Waals surface area contributed by atoms with Gasteiger partial charge in [-0.05, 0) is 54.7 Å². The van der Waals surface area contributed by atoms with Crippen molar-refractivity contribution >= 4 is 34.6 Å². The molecule has 178 valence electrons. The molecule has 1 N–H and O–H groups in total. The van der Waals surface area contributed by atoms with Gasteiger partial charge in [-0.2, -0.15) is 0 Å². The van der Waals surface area contributed by atoms with Gasteiger partial charge in [0.15, 0.2) is 5.11 Å². The van der Waals surface area contributed by atoms with E-state index in [9.17, 15) is 0 Å². The molecule has 35 heavy (non-hydrogen) atoms. The van der Waals surface area contributed by atoms with Gasteiger partial charge in [0.1, 0.15) is 29.9 Å². The van der Waals surface area contributed by atoms with Gasteiger partial charge >= 0.3 is 0 Å². The Kier molecular flexibility index (Phi) is 6.99. The number of aromatic nitrogens is 1. The molecule has 4 aromatic rings. The van der Waals surface area contributed by atoms with E-state index >= 15 is 0 Å². The summed E-state index contributed by atoms with van der Waals surface area (Å²) in [4.78, 5) is 6.61. The number of halogens is 1. The Morgan fingerprint density at radius 1 is 1.03 bits per heavy atom. The highest BCUT2D eigenvalue weighted by Crippen LogP contribution is 2.44. The van der Waals surface area contributed by atoms with E-state index in [0.29, 0.717) is 29.1 Å². The maximum Gasteiger partial charge on any atom is 0.174 e. The molecule has 3 heterocycles. The van der Waals surface area contributed by atoms with Crippen LogP contribution in [0, 0.1) is 0 Å². The third kappa shape index (κ3) is 4.89. The van der Waals surface area contributed by atoms with Gasteiger partial charge in [-0.15, -0.1) is 0 Å². The summed E-state index contributed by atoms with van der Waals surface area (Å²) in [5, 5.41) is 4.49. The van der Waals surface area contributed by atoms with Gasteiger partial charge < -0.3 is 24.1 Å². The van der Waals surface area contributed by atoms with E-state index < -0.39 is 0 Å². The first-order chi connectivity index (χ1) is 17.2. The minimum absolute atomic E-state index is 0.213. The monoisotopic (exact) mass is 505 g/mol. The lowest BCUT2D eigenvalue weighted by Gasteiger charge is -2.26. The van der Waals surface area contributed by atoms with E-state index in [2.05, 4.69) is 10.3 Å². The number of anilines is 1. The fourth-order valence-corrected chi connectivity index (χ4v) is 4.76. The molecule has 2 atom stereocenters. The first-order valence-corrected chi connectivity index (χ1v) is 12.0. The Bertz CT molecular complexity index is 1300. The summed E-state index contributed by atoms with van der Waals surface area (Å²) >= 11 is 12.4. The first-order valence-electron chi connectivity index (χ1n) is 11.2. The highest BCUT2D eigenvalue weighted by atomic mass is 35.5. The van der Waals surface area contributed by atoms with Crippen LogP contribution in [-0.2, 0) is 4.74 Å². The summed E-state index contributed by atoms with van der Waals surface area (Å²) in [5.74, 6) is 2.15. The summed E-state index contributed by atoms with van der Waals surface area (Å²) < 4.78 is 17.2. The second-order valence-electron chi connectivity index (χ2n) is 8.02. The number of rotatable bonds is 8. The van der Waals surface area contributed by atoms with E-state index in [4.69, 9.17) is 37.7 Å². The van der Waals surface area contributed by atoms with E-state index in [-0.39, 0.29) is 12.1 Å². The van der Waals surface area contributed by atoms with E-state index in [1.807, 2.05) is 83.8 Å². The van der Waals surface area contributed by atoms with Crippen molar-refractivity contribution in [3.63, 3.8) is 0 Å². The predicted octanol–water partition coefficient (Wildman–Crippen LogP) is 6.20. The molecule has 2 aromatic heterocycles. The van der Waals surface area contributed by atoms with Gasteiger partial charge in [-0.1, -0.05) is 48.0 Å². The van der Waals surface area contributed by atoms with Crippen LogP contribution in [0.4, 0.5) is 5.69 Å². The topological polar surface area (TPSA) is 59.8 Å². The quantitative estimate of drug-likeness (QED) is 0.226. The molecule has 2 aromatic carbocycles. The van der Waals surface area contributed by atoms with Crippen molar-refractivity contribution in [3.05, 3.63) is 102 Å². The molecule has 0 unspecified atom stereocenters. The minimum Gasteiger partial charge on any atom is -0.490 e. The van der Waals surface area contributed by atoms with Crippen LogP contribution in [0.2, 0.25) is 5.02 Å². The zero-order chi connectivity index (χ0) is 24.2. The van der Waals surface area contributed by atoms with Gasteiger partial charge in [0.2, 0.25) is 0 Å². The van der Waals surface area contributed by atoms with Crippen molar-refractivity contribution in [1.82, 2.24) is 10.3 Å². The molecule has 8 heteroatoms. The Labute approximate surface area is 214 Å². The fraction of sp³-hybridized carbons (Fsp3) is 0.185. The van der Waals surface area contributed by atoms with Crippen LogP contribution in [0.1, 0.15) is 23.5 Å². The number of hydrogen-bond acceptors (Lipinski definition) is 5. The van der Waals surface area contributed by atoms with Crippen LogP contribution in [-0.4, -0.2) is 30.4 Å². The highest BCUT2D eigenvalue weighted by molar-refractivity contribution is 7.80. The molecule has 5 rings (SSSR count). The van der Waals surface area contributed by atoms with Crippen LogP contribution < -0.4 is 15.0 Å². The molecule has 0 spiro atoms. The number of hydrogen-bond donors (Lipinski definition) is 1. The lowest BCUT2D eigenvalue weighted by atomic mass is 10.0. The summed E-state index contributed by atoms with van der Waals surface area (Å²) in [7, 11) is 1.63. The Morgan fingerprint density at radius 2 is 1.86 bits per heavy atom. The molecule has 0 aliphatic carbocycles. The second kappa shape index (κ2) is 10.5. The van der Waals surface area contributed by atoms with E-state index in [1.54, 1.807) is 13.3 Å². The Hall–Kier alpha value is -3.39. The smallest absolute Gasteiger partial charge is 0.174 e. The number of ether oxygens (including phenoxy) is 2. The van der Waals surface area contributed by atoms with Crippen molar-refractivity contribution in [2.75, 3.05) is 25.2 Å². The number of pyridine rings is 1. The van der Waals surface area contributed by atoms with Crippen LogP contribution in [0.25, 0.3) is 11.3 Å². The molecule has 0 bridgehead atoms. The van der Waals surface area contributed by atoms with Gasteiger partial charge in [0.05, 0.1) is 23.4 Å². The largest absolute Gasteiger partial charge is 0.490 e. The number of methoxy groups -OCH3 is 1. The minimum atomic E-state index is -0.272. The van der Waals surface area contributed by atoms with Crippen molar-refractivity contribution in [1.29, 1.82) is 0 Å². The number of nitrogens with zero attached hydrogens (tertiary/aromatic N) is 2. The number of thiocarbonyl (C=S) groups is 1. The maximum absolute atomic E-state index is 6.57. The number of furan rings is 1. The number of nitrogens with one attached hydrogen (secondary N) is 1. The molecule has 0 saturated carbocycles. The van der Waals surface area contributed by atoms with Crippen LogP contribution in [0.5, 0.6) is 5.75 Å². The first kappa shape index (κ1) is 23.4. The summed E-state index contributed by atoms with van der Waals surface area (Å²) in [6.45, 7) is 0.895. The van der Waals surface area contributed by atoms with Crippen molar-refractivity contribution in [3.8, 4) is 17.1 Å². The molecule has 0 amide bonds.